The maximum atomic E-state index is 11.8. The lowest BCUT2D eigenvalue weighted by Crippen LogP contribution is -2.34. The molecular formula is C16H22O5. The number of benzene rings is 1. The fraction of sp³-hybridized carbons (Fsp3) is 0.562. The number of rotatable bonds is 6. The summed E-state index contributed by atoms with van der Waals surface area (Å²) in [5, 5.41) is 19.8. The van der Waals surface area contributed by atoms with Crippen molar-refractivity contribution >= 4 is 5.97 Å². The first-order valence-electron chi connectivity index (χ1n) is 7.35. The van der Waals surface area contributed by atoms with Crippen LogP contribution in [0, 0.1) is 0 Å². The zero-order chi connectivity index (χ0) is 15.2. The average Bonchev–Trinajstić information content (AvgIpc) is 3.02. The Kier molecular flexibility index (Phi) is 5.73. The van der Waals surface area contributed by atoms with Gasteiger partial charge in [0, 0.05) is 0 Å². The van der Waals surface area contributed by atoms with E-state index >= 15 is 0 Å². The van der Waals surface area contributed by atoms with Gasteiger partial charge in [0.1, 0.15) is 12.7 Å². The molecule has 0 aromatic heterocycles. The molecule has 5 heteroatoms. The average molecular weight is 294 g/mol. The summed E-state index contributed by atoms with van der Waals surface area (Å²) in [5.74, 6) is -0.460. The molecule has 1 saturated heterocycles. The van der Waals surface area contributed by atoms with Crippen molar-refractivity contribution in [1.29, 1.82) is 0 Å². The van der Waals surface area contributed by atoms with Gasteiger partial charge in [0.05, 0.1) is 23.9 Å². The van der Waals surface area contributed by atoms with Gasteiger partial charge in [-0.1, -0.05) is 25.1 Å². The molecule has 0 amide bonds. The monoisotopic (exact) mass is 294 g/mol. The molecule has 0 unspecified atom stereocenters. The molecule has 21 heavy (non-hydrogen) atoms. The molecule has 116 valence electrons. The van der Waals surface area contributed by atoms with Crippen molar-refractivity contribution in [2.75, 3.05) is 6.61 Å². The van der Waals surface area contributed by atoms with Gasteiger partial charge in [0.15, 0.2) is 0 Å². The second kappa shape index (κ2) is 7.54. The van der Waals surface area contributed by atoms with Crippen molar-refractivity contribution in [3.63, 3.8) is 0 Å². The molecule has 0 radical (unpaired) electrons. The predicted octanol–water partition coefficient (Wildman–Crippen LogP) is 1.52. The summed E-state index contributed by atoms with van der Waals surface area (Å²) >= 11 is 0. The van der Waals surface area contributed by atoms with Crippen molar-refractivity contribution in [2.45, 2.75) is 50.6 Å². The molecule has 1 aliphatic rings. The van der Waals surface area contributed by atoms with Gasteiger partial charge in [-0.05, 0) is 31.4 Å². The summed E-state index contributed by atoms with van der Waals surface area (Å²) in [5.41, 5.74) is 0.455. The van der Waals surface area contributed by atoms with Gasteiger partial charge in [-0.15, -0.1) is 0 Å². The van der Waals surface area contributed by atoms with Crippen LogP contribution in [0.25, 0.3) is 0 Å². The van der Waals surface area contributed by atoms with Gasteiger partial charge < -0.3 is 19.7 Å². The SMILES string of the molecule is CC[C@@H](O)[C@@H]1CC[C@H]([C@H](O)COC(=O)c2ccccc2)O1. The Labute approximate surface area is 124 Å². The quantitative estimate of drug-likeness (QED) is 0.778. The van der Waals surface area contributed by atoms with E-state index in [-0.39, 0.29) is 18.8 Å². The molecule has 0 bridgehead atoms. The first-order chi connectivity index (χ1) is 10.1. The maximum Gasteiger partial charge on any atom is 0.338 e. The van der Waals surface area contributed by atoms with Gasteiger partial charge >= 0.3 is 5.97 Å². The Morgan fingerprint density at radius 3 is 2.48 bits per heavy atom. The third-order valence-electron chi connectivity index (χ3n) is 3.76. The van der Waals surface area contributed by atoms with Crippen molar-refractivity contribution < 1.29 is 24.5 Å². The van der Waals surface area contributed by atoms with Crippen LogP contribution in [-0.2, 0) is 9.47 Å². The van der Waals surface area contributed by atoms with Crippen LogP contribution in [-0.4, -0.2) is 47.2 Å². The molecule has 1 aliphatic heterocycles. The number of carbonyl (C=O) groups is 1. The molecule has 0 saturated carbocycles. The first-order valence-corrected chi connectivity index (χ1v) is 7.35. The molecule has 0 spiro atoms. The lowest BCUT2D eigenvalue weighted by Gasteiger charge is -2.21. The number of esters is 1. The minimum absolute atomic E-state index is 0.104. The lowest BCUT2D eigenvalue weighted by molar-refractivity contribution is -0.0882. The second-order valence-corrected chi connectivity index (χ2v) is 5.30. The van der Waals surface area contributed by atoms with E-state index in [1.165, 1.54) is 0 Å². The molecule has 2 rings (SSSR count). The van der Waals surface area contributed by atoms with Crippen molar-refractivity contribution in [2.24, 2.45) is 0 Å². The van der Waals surface area contributed by atoms with E-state index in [1.54, 1.807) is 24.3 Å². The number of aliphatic hydroxyl groups excluding tert-OH is 2. The molecule has 2 N–H and O–H groups in total. The van der Waals surface area contributed by atoms with Gasteiger partial charge in [-0.25, -0.2) is 4.79 Å². The standard InChI is InChI=1S/C16H22O5/c1-2-12(17)14-8-9-15(21-14)13(18)10-20-16(19)11-6-4-3-5-7-11/h3-7,12-15,17-18H,2,8-10H2,1H3/t12-,13-,14+,15-/m1/s1. The Balaban J connectivity index is 1.78. The third-order valence-corrected chi connectivity index (χ3v) is 3.76. The number of hydrogen-bond acceptors (Lipinski definition) is 5. The van der Waals surface area contributed by atoms with Crippen molar-refractivity contribution in [3.05, 3.63) is 35.9 Å². The Hall–Kier alpha value is -1.43. The van der Waals surface area contributed by atoms with E-state index in [1.807, 2.05) is 13.0 Å². The Morgan fingerprint density at radius 1 is 1.24 bits per heavy atom. The Morgan fingerprint density at radius 2 is 1.86 bits per heavy atom. The number of ether oxygens (including phenoxy) is 2. The second-order valence-electron chi connectivity index (χ2n) is 5.30. The van der Waals surface area contributed by atoms with Crippen molar-refractivity contribution in [1.82, 2.24) is 0 Å². The molecular weight excluding hydrogens is 272 g/mol. The topological polar surface area (TPSA) is 76.0 Å². The first kappa shape index (κ1) is 15.9. The van der Waals surface area contributed by atoms with Gasteiger partial charge in [-0.3, -0.25) is 0 Å². The summed E-state index contributed by atoms with van der Waals surface area (Å²) in [6, 6.07) is 8.65. The van der Waals surface area contributed by atoms with Gasteiger partial charge in [0.2, 0.25) is 0 Å². The highest BCUT2D eigenvalue weighted by atomic mass is 16.6. The van der Waals surface area contributed by atoms with Crippen LogP contribution in [0.4, 0.5) is 0 Å². The molecule has 1 heterocycles. The van der Waals surface area contributed by atoms with Crippen LogP contribution >= 0.6 is 0 Å². The van der Waals surface area contributed by atoms with Crippen LogP contribution in [0.15, 0.2) is 30.3 Å². The van der Waals surface area contributed by atoms with Crippen LogP contribution in [0.3, 0.4) is 0 Å². The summed E-state index contributed by atoms with van der Waals surface area (Å²) in [6.07, 6.45) is -0.00828. The summed E-state index contributed by atoms with van der Waals surface area (Å²) in [4.78, 5) is 11.8. The van der Waals surface area contributed by atoms with Crippen LogP contribution in [0.1, 0.15) is 36.5 Å². The third kappa shape index (κ3) is 4.27. The summed E-state index contributed by atoms with van der Waals surface area (Å²) in [6.45, 7) is 1.78. The van der Waals surface area contributed by atoms with Crippen LogP contribution < -0.4 is 0 Å². The molecule has 0 aliphatic carbocycles. The van der Waals surface area contributed by atoms with Crippen LogP contribution in [0.5, 0.6) is 0 Å². The number of carbonyl (C=O) groups excluding carboxylic acids is 1. The van der Waals surface area contributed by atoms with E-state index in [0.717, 1.165) is 0 Å². The molecule has 5 nitrogen and oxygen atoms in total. The molecule has 1 fully saturated rings. The summed E-state index contributed by atoms with van der Waals surface area (Å²) < 4.78 is 10.7. The summed E-state index contributed by atoms with van der Waals surface area (Å²) in [7, 11) is 0. The lowest BCUT2D eigenvalue weighted by atomic mass is 10.1. The van der Waals surface area contributed by atoms with Gasteiger partial charge in [0.25, 0.3) is 0 Å². The number of hydrogen-bond donors (Lipinski definition) is 2. The molecule has 1 aromatic carbocycles. The normalized spacial score (nSPS) is 24.5. The highest BCUT2D eigenvalue weighted by Crippen LogP contribution is 2.25. The van der Waals surface area contributed by atoms with E-state index < -0.39 is 18.2 Å². The fourth-order valence-electron chi connectivity index (χ4n) is 2.44. The zero-order valence-electron chi connectivity index (χ0n) is 12.1. The smallest absolute Gasteiger partial charge is 0.338 e. The Bertz CT molecular complexity index is 447. The van der Waals surface area contributed by atoms with E-state index in [9.17, 15) is 15.0 Å². The van der Waals surface area contributed by atoms with Gasteiger partial charge in [-0.2, -0.15) is 0 Å². The van der Waals surface area contributed by atoms with Crippen molar-refractivity contribution in [3.8, 4) is 0 Å². The van der Waals surface area contributed by atoms with E-state index in [4.69, 9.17) is 9.47 Å². The highest BCUT2D eigenvalue weighted by molar-refractivity contribution is 5.89. The molecule has 4 atom stereocenters. The minimum Gasteiger partial charge on any atom is -0.459 e. The van der Waals surface area contributed by atoms with E-state index in [0.29, 0.717) is 24.8 Å². The molecule has 1 aromatic rings. The fourth-order valence-corrected chi connectivity index (χ4v) is 2.44. The number of aliphatic hydroxyl groups is 2. The van der Waals surface area contributed by atoms with E-state index in [2.05, 4.69) is 0 Å². The zero-order valence-corrected chi connectivity index (χ0v) is 12.1. The minimum atomic E-state index is -0.869. The predicted molar refractivity (Wildman–Crippen MR) is 76.9 cm³/mol. The highest BCUT2D eigenvalue weighted by Gasteiger charge is 2.34. The van der Waals surface area contributed by atoms with Crippen LogP contribution in [0.2, 0.25) is 0 Å². The largest absolute Gasteiger partial charge is 0.459 e. The maximum absolute atomic E-state index is 11.8.